The van der Waals surface area contributed by atoms with Crippen LogP contribution in [0.3, 0.4) is 0 Å². The Hall–Kier alpha value is -2.44. The van der Waals surface area contributed by atoms with E-state index in [-0.39, 0.29) is 26.1 Å². The van der Waals surface area contributed by atoms with E-state index in [1.807, 2.05) is 13.8 Å². The first-order chi connectivity index (χ1) is 23.9. The number of methoxy groups -OCH3 is 2. The maximum atomic E-state index is 14.2. The van der Waals surface area contributed by atoms with Gasteiger partial charge in [-0.1, -0.05) is 20.8 Å². The summed E-state index contributed by atoms with van der Waals surface area (Å²) in [6.07, 6.45) is -6.41. The Labute approximate surface area is 294 Å². The van der Waals surface area contributed by atoms with Gasteiger partial charge in [-0.25, -0.2) is 4.79 Å². The van der Waals surface area contributed by atoms with E-state index in [1.165, 1.54) is 14.0 Å². The van der Waals surface area contributed by atoms with E-state index in [4.69, 9.17) is 42.6 Å². The lowest BCUT2D eigenvalue weighted by Crippen LogP contribution is -2.79. The zero-order valence-corrected chi connectivity index (χ0v) is 29.9. The third-order valence-electron chi connectivity index (χ3n) is 14.7. The first-order valence-corrected chi connectivity index (χ1v) is 17.9. The molecule has 5 saturated heterocycles. The van der Waals surface area contributed by atoms with E-state index >= 15 is 0 Å². The standard InChI is InChI=1S/C35H48O16/c1-8-15(2)24(38)49-18-12-19(48-16(3)36)32(26(39)43-6)13-46-21-22(32)31(18)14-47-34(42,27(40)44-7)25(31)29(4,23(21)37)35-20-11-17(30(35,5)51-35)33(41)9-10-45-28(33)50-20/h15,17-23,25,28,37,41-42H,8-14H2,1-7H3/t15?,17-,18+,19-,20+,21-,22-,23-,25+,28+,29-,30+,31+,32+,33+,34+,35+/m1/s1. The predicted molar refractivity (Wildman–Crippen MR) is 165 cm³/mol. The van der Waals surface area contributed by atoms with E-state index < -0.39 is 130 Å². The Morgan fingerprint density at radius 2 is 1.67 bits per heavy atom. The van der Waals surface area contributed by atoms with Crippen molar-refractivity contribution >= 4 is 23.9 Å². The highest BCUT2D eigenvalue weighted by atomic mass is 16.7. The molecule has 0 radical (unpaired) electrons. The van der Waals surface area contributed by atoms with E-state index in [2.05, 4.69) is 0 Å². The van der Waals surface area contributed by atoms with Crippen LogP contribution >= 0.6 is 0 Å². The Kier molecular flexibility index (Phi) is 7.56. The second kappa shape index (κ2) is 10.8. The maximum absolute atomic E-state index is 14.2. The first-order valence-electron chi connectivity index (χ1n) is 17.9. The van der Waals surface area contributed by atoms with Gasteiger partial charge in [0.1, 0.15) is 34.4 Å². The molecule has 0 amide bonds. The summed E-state index contributed by atoms with van der Waals surface area (Å²) in [7, 11) is 2.26. The monoisotopic (exact) mass is 724 g/mol. The van der Waals surface area contributed by atoms with Gasteiger partial charge in [-0.15, -0.1) is 0 Å². The van der Waals surface area contributed by atoms with Gasteiger partial charge in [0.15, 0.2) is 6.29 Å². The van der Waals surface area contributed by atoms with Crippen LogP contribution in [0, 0.1) is 39.9 Å². The van der Waals surface area contributed by atoms with Gasteiger partial charge in [0.2, 0.25) is 0 Å². The fourth-order valence-corrected chi connectivity index (χ4v) is 12.6. The number of epoxide rings is 1. The fourth-order valence-electron chi connectivity index (χ4n) is 12.6. The molecule has 0 aromatic heterocycles. The first kappa shape index (κ1) is 35.6. The molecule has 0 aromatic carbocycles. The number of carbonyl (C=O) groups is 4. The van der Waals surface area contributed by atoms with Gasteiger partial charge < -0.3 is 58.0 Å². The summed E-state index contributed by atoms with van der Waals surface area (Å²) in [5, 5.41) is 37.6. The van der Waals surface area contributed by atoms with Crippen molar-refractivity contribution in [2.24, 2.45) is 39.9 Å². The number of aliphatic hydroxyl groups excluding tert-OH is 1. The van der Waals surface area contributed by atoms with Crippen molar-refractivity contribution in [3.63, 3.8) is 0 Å². The molecule has 17 atom stereocenters. The van der Waals surface area contributed by atoms with Crippen LogP contribution in [0.15, 0.2) is 0 Å². The van der Waals surface area contributed by atoms with Crippen LogP contribution in [0.5, 0.6) is 0 Å². The molecule has 3 saturated carbocycles. The third-order valence-corrected chi connectivity index (χ3v) is 14.7. The van der Waals surface area contributed by atoms with Crippen LogP contribution in [-0.4, -0.2) is 133 Å². The van der Waals surface area contributed by atoms with Crippen molar-refractivity contribution in [1.29, 1.82) is 0 Å². The Morgan fingerprint density at radius 1 is 0.961 bits per heavy atom. The predicted octanol–water partition coefficient (Wildman–Crippen LogP) is -0.247. The Bertz CT molecular complexity index is 1550. The fraction of sp³-hybridized carbons (Fsp3) is 0.886. The number of esters is 4. The highest BCUT2D eigenvalue weighted by Crippen LogP contribution is 2.83. The molecule has 8 fully saturated rings. The minimum Gasteiger partial charge on any atom is -0.468 e. The highest BCUT2D eigenvalue weighted by molar-refractivity contribution is 5.82. The molecule has 16 heteroatoms. The van der Waals surface area contributed by atoms with Crippen molar-refractivity contribution < 1.29 is 77.1 Å². The molecular formula is C35H48O16. The topological polar surface area (TPSA) is 215 Å². The number of fused-ring (bicyclic) bond motifs is 7. The summed E-state index contributed by atoms with van der Waals surface area (Å²) in [5.74, 6) is -9.94. The SMILES string of the molecule is CCC(C)C(=O)O[C@H]1C[C@@H](OC(C)=O)[C@@]2(C(=O)OC)CO[C@H]3[C@@H](O)[C@@](C)([C@]45O[C@@]4(C)[C@H]4C[C@@H]5O[C@@H]5OCC[C@@]54O)[C@H]4[C@]1(CO[C@]4(O)C(=O)OC)[C@@H]32. The number of hydrogen-bond donors (Lipinski definition) is 3. The zero-order valence-electron chi connectivity index (χ0n) is 29.9. The zero-order chi connectivity index (χ0) is 36.9. The van der Waals surface area contributed by atoms with Crippen LogP contribution in [0.1, 0.15) is 60.3 Å². The van der Waals surface area contributed by atoms with Crippen molar-refractivity contribution in [3.05, 3.63) is 0 Å². The van der Waals surface area contributed by atoms with E-state index in [9.17, 15) is 34.5 Å². The van der Waals surface area contributed by atoms with Gasteiger partial charge in [-0.05, 0) is 19.8 Å². The highest BCUT2D eigenvalue weighted by Gasteiger charge is 2.97. The number of ether oxygens (including phenoxy) is 9. The van der Waals surface area contributed by atoms with Crippen molar-refractivity contribution in [3.8, 4) is 0 Å². The summed E-state index contributed by atoms with van der Waals surface area (Å²) >= 11 is 0. The average molecular weight is 725 g/mol. The molecule has 8 aliphatic rings. The van der Waals surface area contributed by atoms with Gasteiger partial charge >= 0.3 is 23.9 Å². The lowest BCUT2D eigenvalue weighted by Gasteiger charge is -2.65. The second-order valence-electron chi connectivity index (χ2n) is 16.4. The summed E-state index contributed by atoms with van der Waals surface area (Å²) in [4.78, 5) is 54.5. The number of hydrogen-bond acceptors (Lipinski definition) is 16. The van der Waals surface area contributed by atoms with E-state index in [0.717, 1.165) is 7.11 Å². The molecule has 1 unspecified atom stereocenters. The minimum atomic E-state index is -2.79. The lowest BCUT2D eigenvalue weighted by molar-refractivity contribution is -0.317. The van der Waals surface area contributed by atoms with Crippen molar-refractivity contribution in [2.75, 3.05) is 34.0 Å². The molecule has 51 heavy (non-hydrogen) atoms. The summed E-state index contributed by atoms with van der Waals surface area (Å²) in [5.41, 5.74) is -9.31. The molecule has 0 aromatic rings. The molecule has 5 aliphatic heterocycles. The molecule has 16 nitrogen and oxygen atoms in total. The number of aliphatic hydroxyl groups is 3. The van der Waals surface area contributed by atoms with Crippen LogP contribution in [0.2, 0.25) is 0 Å². The molecule has 2 bridgehead atoms. The molecule has 3 N–H and O–H groups in total. The molecule has 5 heterocycles. The van der Waals surface area contributed by atoms with E-state index in [0.29, 0.717) is 12.8 Å². The second-order valence-corrected chi connectivity index (χ2v) is 16.4. The third kappa shape index (κ3) is 3.78. The van der Waals surface area contributed by atoms with Gasteiger partial charge in [0.25, 0.3) is 5.79 Å². The van der Waals surface area contributed by atoms with Gasteiger partial charge in [-0.2, -0.15) is 0 Å². The summed E-state index contributed by atoms with van der Waals surface area (Å²) < 4.78 is 54.5. The largest absolute Gasteiger partial charge is 0.468 e. The summed E-state index contributed by atoms with van der Waals surface area (Å²) in [6.45, 7) is 7.60. The van der Waals surface area contributed by atoms with Crippen molar-refractivity contribution in [2.45, 2.75) is 120 Å². The molecule has 284 valence electrons. The van der Waals surface area contributed by atoms with Crippen LogP contribution in [0.4, 0.5) is 0 Å². The van der Waals surface area contributed by atoms with E-state index in [1.54, 1.807) is 13.8 Å². The quantitative estimate of drug-likeness (QED) is 0.175. The molecule has 1 spiro atoms. The average Bonchev–Trinajstić information content (AvgIpc) is 3.47. The molecular weight excluding hydrogens is 676 g/mol. The number of rotatable bonds is 7. The number of carbonyl (C=O) groups excluding carboxylic acids is 4. The Balaban J connectivity index is 1.39. The van der Waals surface area contributed by atoms with Gasteiger partial charge in [-0.3, -0.25) is 14.4 Å². The van der Waals surface area contributed by atoms with Gasteiger partial charge in [0, 0.05) is 48.3 Å². The smallest absolute Gasteiger partial charge is 0.366 e. The molecule has 3 aliphatic carbocycles. The lowest BCUT2D eigenvalue weighted by atomic mass is 9.37. The van der Waals surface area contributed by atoms with Crippen LogP contribution in [0.25, 0.3) is 0 Å². The van der Waals surface area contributed by atoms with Crippen LogP contribution < -0.4 is 0 Å². The maximum Gasteiger partial charge on any atom is 0.366 e. The van der Waals surface area contributed by atoms with Gasteiger partial charge in [0.05, 0.1) is 58.3 Å². The van der Waals surface area contributed by atoms with Crippen LogP contribution in [-0.2, 0) is 61.8 Å². The minimum absolute atomic E-state index is 0.254. The normalized spacial score (nSPS) is 54.7. The molecule has 8 rings (SSSR count). The summed E-state index contributed by atoms with van der Waals surface area (Å²) in [6, 6.07) is 0. The van der Waals surface area contributed by atoms with Crippen molar-refractivity contribution in [1.82, 2.24) is 0 Å². The Morgan fingerprint density at radius 3 is 2.31 bits per heavy atom.